The van der Waals surface area contributed by atoms with Crippen LogP contribution >= 0.6 is 27.3 Å². The predicted molar refractivity (Wildman–Crippen MR) is 151 cm³/mol. The van der Waals surface area contributed by atoms with Crippen LogP contribution in [0.15, 0.2) is 78.5 Å². The Morgan fingerprint density at radius 1 is 1.22 bits per heavy atom. The lowest BCUT2D eigenvalue weighted by atomic mass is 9.95. The van der Waals surface area contributed by atoms with Gasteiger partial charge < -0.3 is 18.6 Å². The molecule has 4 heterocycles. The molecule has 2 aromatic heterocycles. The van der Waals surface area contributed by atoms with E-state index in [1.807, 2.05) is 0 Å². The van der Waals surface area contributed by atoms with Crippen LogP contribution in [0.5, 0.6) is 11.5 Å². The molecule has 0 radical (unpaired) electrons. The number of aromatic nitrogens is 1. The molecule has 0 bridgehead atoms. The van der Waals surface area contributed by atoms with Crippen molar-refractivity contribution < 1.29 is 28.3 Å². The number of nitrogens with zero attached hydrogens (tertiary/aromatic N) is 3. The van der Waals surface area contributed by atoms with Gasteiger partial charge in [-0.2, -0.15) is 0 Å². The molecule has 0 amide bonds. The van der Waals surface area contributed by atoms with Gasteiger partial charge in [0.15, 0.2) is 16.3 Å². The van der Waals surface area contributed by atoms with Crippen molar-refractivity contribution in [2.75, 3.05) is 13.4 Å². The first-order valence-corrected chi connectivity index (χ1v) is 14.0. The highest BCUT2D eigenvalue weighted by atomic mass is 79.9. The Bertz CT molecular complexity index is 1950. The van der Waals surface area contributed by atoms with Crippen molar-refractivity contribution in [2.45, 2.75) is 19.9 Å². The number of nitro groups is 1. The number of fused-ring (bicyclic) bond motifs is 2. The molecule has 0 spiro atoms. The Labute approximate surface area is 243 Å². The zero-order valence-electron chi connectivity index (χ0n) is 21.6. The van der Waals surface area contributed by atoms with E-state index in [4.69, 9.17) is 18.6 Å². The summed E-state index contributed by atoms with van der Waals surface area (Å²) >= 11 is 4.53. The van der Waals surface area contributed by atoms with Gasteiger partial charge in [-0.05, 0) is 65.7 Å². The minimum absolute atomic E-state index is 0.0528. The van der Waals surface area contributed by atoms with Gasteiger partial charge in [-0.25, -0.2) is 9.79 Å². The summed E-state index contributed by atoms with van der Waals surface area (Å²) in [5, 5.41) is 11.1. The lowest BCUT2D eigenvalue weighted by Gasteiger charge is -2.24. The molecular weight excluding hydrogens is 618 g/mol. The fourth-order valence-corrected chi connectivity index (χ4v) is 6.30. The zero-order chi connectivity index (χ0) is 28.8. The number of hydrogen-bond donors (Lipinski definition) is 0. The SMILES string of the molecule is CCOC(=O)C1=C(C)N=c2s/c(=C\c3ccc(-c4ccc([N+](=O)[O-])cc4Br)o3)c(=O)n2C1c1ccc2c(c1)OCO2. The van der Waals surface area contributed by atoms with Gasteiger partial charge in [-0.1, -0.05) is 17.4 Å². The molecule has 0 fully saturated rings. The molecule has 6 rings (SSSR count). The lowest BCUT2D eigenvalue weighted by Crippen LogP contribution is -2.39. The van der Waals surface area contributed by atoms with Crippen molar-refractivity contribution in [2.24, 2.45) is 4.99 Å². The number of furan rings is 1. The average molecular weight is 638 g/mol. The maximum absolute atomic E-state index is 13.8. The second-order valence-corrected chi connectivity index (χ2v) is 10.9. The van der Waals surface area contributed by atoms with Crippen LogP contribution in [-0.2, 0) is 9.53 Å². The first-order chi connectivity index (χ1) is 19.7. The second kappa shape index (κ2) is 10.5. The number of non-ortho nitro benzene ring substituents is 1. The van der Waals surface area contributed by atoms with Crippen molar-refractivity contribution >= 4 is 45.0 Å². The molecule has 0 saturated carbocycles. The quantitative estimate of drug-likeness (QED) is 0.172. The normalized spacial score (nSPS) is 16.0. The number of halogens is 1. The van der Waals surface area contributed by atoms with Gasteiger partial charge in [0.25, 0.3) is 11.2 Å². The number of esters is 1. The number of rotatable bonds is 6. The van der Waals surface area contributed by atoms with Crippen LogP contribution in [0.1, 0.15) is 31.2 Å². The molecule has 41 heavy (non-hydrogen) atoms. The van der Waals surface area contributed by atoms with Crippen molar-refractivity contribution in [3.8, 4) is 22.8 Å². The van der Waals surface area contributed by atoms with E-state index in [9.17, 15) is 19.7 Å². The van der Waals surface area contributed by atoms with Crippen molar-refractivity contribution in [3.63, 3.8) is 0 Å². The van der Waals surface area contributed by atoms with Gasteiger partial charge in [0.1, 0.15) is 11.5 Å². The maximum Gasteiger partial charge on any atom is 0.338 e. The number of benzene rings is 2. The van der Waals surface area contributed by atoms with Gasteiger partial charge in [-0.3, -0.25) is 19.5 Å². The van der Waals surface area contributed by atoms with Gasteiger partial charge in [0.05, 0.1) is 33.4 Å². The van der Waals surface area contributed by atoms with Crippen molar-refractivity contribution in [1.29, 1.82) is 0 Å². The van der Waals surface area contributed by atoms with E-state index in [1.54, 1.807) is 56.3 Å². The molecule has 208 valence electrons. The van der Waals surface area contributed by atoms with Crippen molar-refractivity contribution in [1.82, 2.24) is 4.57 Å². The number of allylic oxidation sites excluding steroid dienone is 1. The molecule has 2 aromatic carbocycles. The van der Waals surface area contributed by atoms with Crippen LogP contribution < -0.4 is 24.4 Å². The molecule has 4 aromatic rings. The Morgan fingerprint density at radius 3 is 2.78 bits per heavy atom. The summed E-state index contributed by atoms with van der Waals surface area (Å²) < 4.78 is 24.6. The van der Waals surface area contributed by atoms with E-state index in [0.29, 0.717) is 53.6 Å². The molecule has 0 aliphatic carbocycles. The Kier molecular flexibility index (Phi) is 6.83. The van der Waals surface area contributed by atoms with E-state index in [-0.39, 0.29) is 30.2 Å². The van der Waals surface area contributed by atoms with Gasteiger partial charge in [-0.15, -0.1) is 0 Å². The van der Waals surface area contributed by atoms with Crippen LogP contribution in [0.3, 0.4) is 0 Å². The van der Waals surface area contributed by atoms with Crippen LogP contribution in [0.25, 0.3) is 17.4 Å². The summed E-state index contributed by atoms with van der Waals surface area (Å²) in [5.41, 5.74) is 1.55. The van der Waals surface area contributed by atoms with Crippen LogP contribution in [0.2, 0.25) is 0 Å². The number of nitro benzene ring substituents is 1. The van der Waals surface area contributed by atoms with Crippen LogP contribution in [0, 0.1) is 10.1 Å². The summed E-state index contributed by atoms with van der Waals surface area (Å²) in [7, 11) is 0. The smallest absolute Gasteiger partial charge is 0.338 e. The third-order valence-corrected chi connectivity index (χ3v) is 8.20. The summed E-state index contributed by atoms with van der Waals surface area (Å²) in [6, 6.07) is 12.3. The number of thiazole rings is 1. The first kappa shape index (κ1) is 26.7. The largest absolute Gasteiger partial charge is 0.463 e. The van der Waals surface area contributed by atoms with Gasteiger partial charge >= 0.3 is 5.97 Å². The summed E-state index contributed by atoms with van der Waals surface area (Å²) in [4.78, 5) is 42.5. The standard InChI is InChI=1S/C28H20BrN3O8S/c1-3-37-27(34)24-14(2)30-28-31(25(24)15-4-8-21-22(10-15)39-13-38-21)26(33)23(41-28)12-17-6-9-20(40-17)18-7-5-16(32(35)36)11-19(18)29/h4-12,25H,3,13H2,1-2H3/b23-12-. The maximum atomic E-state index is 13.8. The fourth-order valence-electron chi connectivity index (χ4n) is 4.71. The molecule has 0 N–H and O–H groups in total. The third kappa shape index (κ3) is 4.76. The number of ether oxygens (including phenoxy) is 3. The van der Waals surface area contributed by atoms with Crippen LogP contribution in [0.4, 0.5) is 5.69 Å². The van der Waals surface area contributed by atoms with E-state index in [0.717, 1.165) is 0 Å². The van der Waals surface area contributed by atoms with Gasteiger partial charge in [0.2, 0.25) is 6.79 Å². The van der Waals surface area contributed by atoms with E-state index in [2.05, 4.69) is 20.9 Å². The van der Waals surface area contributed by atoms with Gasteiger partial charge in [0, 0.05) is 28.2 Å². The summed E-state index contributed by atoms with van der Waals surface area (Å²) in [6.45, 7) is 3.68. The molecule has 2 aliphatic rings. The molecular formula is C28H20BrN3O8S. The summed E-state index contributed by atoms with van der Waals surface area (Å²) in [5.74, 6) is 1.40. The number of carbonyl (C=O) groups is 1. The van der Waals surface area contributed by atoms with Crippen LogP contribution in [-0.4, -0.2) is 28.9 Å². The highest BCUT2D eigenvalue weighted by Gasteiger charge is 2.34. The van der Waals surface area contributed by atoms with E-state index < -0.39 is 16.9 Å². The minimum Gasteiger partial charge on any atom is -0.463 e. The molecule has 13 heteroatoms. The van der Waals surface area contributed by atoms with Crippen molar-refractivity contribution in [3.05, 3.63) is 105 Å². The molecule has 1 unspecified atom stereocenters. The monoisotopic (exact) mass is 637 g/mol. The zero-order valence-corrected chi connectivity index (χ0v) is 24.0. The highest BCUT2D eigenvalue weighted by molar-refractivity contribution is 9.10. The first-order valence-electron chi connectivity index (χ1n) is 12.4. The fraction of sp³-hybridized carbons (Fsp3) is 0.179. The topological polar surface area (TPSA) is 135 Å². The summed E-state index contributed by atoms with van der Waals surface area (Å²) in [6.07, 6.45) is 1.60. The average Bonchev–Trinajstić information content (AvgIpc) is 3.67. The Morgan fingerprint density at radius 2 is 2.02 bits per heavy atom. The Balaban J connectivity index is 1.45. The molecule has 11 nitrogen and oxygen atoms in total. The number of hydrogen-bond acceptors (Lipinski definition) is 10. The highest BCUT2D eigenvalue weighted by Crippen LogP contribution is 2.38. The molecule has 1 atom stereocenters. The third-order valence-electron chi connectivity index (χ3n) is 6.56. The minimum atomic E-state index is -0.801. The predicted octanol–water partition coefficient (Wildman–Crippen LogP) is 4.46. The van der Waals surface area contributed by atoms with E-state index >= 15 is 0 Å². The molecule has 0 saturated heterocycles. The second-order valence-electron chi connectivity index (χ2n) is 9.04. The lowest BCUT2D eigenvalue weighted by molar-refractivity contribution is -0.384. The molecule has 2 aliphatic heterocycles. The van der Waals surface area contributed by atoms with E-state index in [1.165, 1.54) is 28.0 Å². The Hall–Kier alpha value is -4.49. The number of carbonyl (C=O) groups excluding carboxylic acids is 1.